The first-order chi connectivity index (χ1) is 8.97. The highest BCUT2D eigenvalue weighted by Crippen LogP contribution is 2.19. The summed E-state index contributed by atoms with van der Waals surface area (Å²) in [6, 6.07) is 8.28. The lowest BCUT2D eigenvalue weighted by atomic mass is 10.2. The third-order valence-corrected chi connectivity index (χ3v) is 4.19. The Hall–Kier alpha value is -1.33. The van der Waals surface area contributed by atoms with E-state index in [9.17, 15) is 8.42 Å². The molecule has 0 spiro atoms. The number of sulfone groups is 1. The van der Waals surface area contributed by atoms with E-state index in [-0.39, 0.29) is 5.75 Å². The number of nitrogens with one attached hydrogen (secondary N) is 1. The molecule has 104 valence electrons. The number of benzene rings is 1. The van der Waals surface area contributed by atoms with Crippen LogP contribution in [-0.2, 0) is 23.4 Å². The van der Waals surface area contributed by atoms with Gasteiger partial charge in [0.1, 0.15) is 9.84 Å². The molecule has 2 rings (SSSR count). The van der Waals surface area contributed by atoms with Gasteiger partial charge in [0.15, 0.2) is 0 Å². The molecule has 0 aliphatic heterocycles. The number of hydrogen-bond donors (Lipinski definition) is 1. The van der Waals surface area contributed by atoms with Crippen molar-refractivity contribution < 1.29 is 8.42 Å². The second-order valence-corrected chi connectivity index (χ2v) is 7.20. The van der Waals surface area contributed by atoms with Crippen LogP contribution in [0.2, 0.25) is 0 Å². The molecule has 0 aliphatic rings. The Labute approximate surface area is 114 Å². The lowest BCUT2D eigenvalue weighted by molar-refractivity contribution is 0.594. The van der Waals surface area contributed by atoms with Gasteiger partial charge in [-0.25, -0.2) is 8.42 Å². The maximum absolute atomic E-state index is 11.0. The van der Waals surface area contributed by atoms with Gasteiger partial charge in [-0.05, 0) is 24.6 Å². The van der Waals surface area contributed by atoms with Crippen LogP contribution in [0.1, 0.15) is 12.0 Å². The Kier molecular flexibility index (Phi) is 4.27. The molecule has 0 atom stereocenters. The standard InChI is InChI=1S/C14H20N2O2S/c1-16-11-12(13-6-3-4-7-14(13)16)10-15-8-5-9-19(2,17)18/h3-4,6-7,11,15H,5,8-10H2,1-2H3. The first kappa shape index (κ1) is 14.1. The predicted molar refractivity (Wildman–Crippen MR) is 79.0 cm³/mol. The summed E-state index contributed by atoms with van der Waals surface area (Å²) in [6.07, 6.45) is 4.05. The quantitative estimate of drug-likeness (QED) is 0.819. The normalized spacial score (nSPS) is 12.1. The summed E-state index contributed by atoms with van der Waals surface area (Å²) in [5, 5.41) is 4.55. The van der Waals surface area contributed by atoms with E-state index in [1.807, 2.05) is 19.2 Å². The van der Waals surface area contributed by atoms with Crippen LogP contribution in [0.15, 0.2) is 30.5 Å². The van der Waals surface area contributed by atoms with Crippen LogP contribution in [0.5, 0.6) is 0 Å². The van der Waals surface area contributed by atoms with Crippen LogP contribution < -0.4 is 5.32 Å². The van der Waals surface area contributed by atoms with Crippen molar-refractivity contribution in [1.82, 2.24) is 9.88 Å². The molecule has 1 N–H and O–H groups in total. The highest BCUT2D eigenvalue weighted by molar-refractivity contribution is 7.90. The van der Waals surface area contributed by atoms with Crippen molar-refractivity contribution >= 4 is 20.7 Å². The van der Waals surface area contributed by atoms with Crippen molar-refractivity contribution in [2.75, 3.05) is 18.6 Å². The zero-order valence-electron chi connectivity index (χ0n) is 11.4. The van der Waals surface area contributed by atoms with E-state index in [4.69, 9.17) is 0 Å². The molecule has 5 heteroatoms. The molecule has 0 aliphatic carbocycles. The molecule has 0 saturated heterocycles. The van der Waals surface area contributed by atoms with Gasteiger partial charge < -0.3 is 9.88 Å². The van der Waals surface area contributed by atoms with E-state index in [0.717, 1.165) is 13.1 Å². The molecule has 0 bridgehead atoms. The van der Waals surface area contributed by atoms with Crippen molar-refractivity contribution in [1.29, 1.82) is 0 Å². The Morgan fingerprint density at radius 3 is 2.74 bits per heavy atom. The van der Waals surface area contributed by atoms with E-state index in [1.54, 1.807) is 0 Å². The van der Waals surface area contributed by atoms with Crippen LogP contribution in [0.4, 0.5) is 0 Å². The molecule has 0 radical (unpaired) electrons. The monoisotopic (exact) mass is 280 g/mol. The van der Waals surface area contributed by atoms with Crippen molar-refractivity contribution in [2.45, 2.75) is 13.0 Å². The topological polar surface area (TPSA) is 51.1 Å². The SMILES string of the molecule is Cn1cc(CNCCCS(C)(=O)=O)c2ccccc21. The van der Waals surface area contributed by atoms with Gasteiger partial charge in [0.25, 0.3) is 0 Å². The lowest BCUT2D eigenvalue weighted by Gasteiger charge is -2.03. The molecule has 4 nitrogen and oxygen atoms in total. The number of para-hydroxylation sites is 1. The van der Waals surface area contributed by atoms with Gasteiger partial charge >= 0.3 is 0 Å². The zero-order valence-corrected chi connectivity index (χ0v) is 12.2. The lowest BCUT2D eigenvalue weighted by Crippen LogP contribution is -2.17. The van der Waals surface area contributed by atoms with Crippen molar-refractivity contribution in [3.05, 3.63) is 36.0 Å². The minimum Gasteiger partial charge on any atom is -0.350 e. The molecule has 1 aromatic heterocycles. The summed E-state index contributed by atoms with van der Waals surface area (Å²) >= 11 is 0. The third kappa shape index (κ3) is 3.81. The molecule has 19 heavy (non-hydrogen) atoms. The summed E-state index contributed by atoms with van der Waals surface area (Å²) in [6.45, 7) is 1.49. The molecule has 1 heterocycles. The molecule has 0 unspecified atom stereocenters. The van der Waals surface area contributed by atoms with Crippen LogP contribution in [0.25, 0.3) is 10.9 Å². The van der Waals surface area contributed by atoms with Gasteiger partial charge in [-0.2, -0.15) is 0 Å². The Morgan fingerprint density at radius 1 is 1.26 bits per heavy atom. The number of hydrogen-bond acceptors (Lipinski definition) is 3. The van der Waals surface area contributed by atoms with Crippen molar-refractivity contribution in [2.24, 2.45) is 7.05 Å². The Morgan fingerprint density at radius 2 is 2.00 bits per heavy atom. The Balaban J connectivity index is 1.92. The second-order valence-electron chi connectivity index (χ2n) is 4.94. The van der Waals surface area contributed by atoms with E-state index in [2.05, 4.69) is 28.2 Å². The smallest absolute Gasteiger partial charge is 0.147 e. The van der Waals surface area contributed by atoms with E-state index in [1.165, 1.54) is 22.7 Å². The molecule has 0 amide bonds. The summed E-state index contributed by atoms with van der Waals surface area (Å²) in [4.78, 5) is 0. The average molecular weight is 280 g/mol. The maximum atomic E-state index is 11.0. The number of aromatic nitrogens is 1. The first-order valence-electron chi connectivity index (χ1n) is 6.39. The van der Waals surface area contributed by atoms with Crippen LogP contribution in [-0.4, -0.2) is 31.5 Å². The Bertz CT molecular complexity index is 659. The molecule has 0 fully saturated rings. The predicted octanol–water partition coefficient (Wildman–Crippen LogP) is 1.70. The van der Waals surface area contributed by atoms with E-state index < -0.39 is 9.84 Å². The van der Waals surface area contributed by atoms with Crippen molar-refractivity contribution in [3.63, 3.8) is 0 Å². The fourth-order valence-electron chi connectivity index (χ4n) is 2.25. The summed E-state index contributed by atoms with van der Waals surface area (Å²) in [5.41, 5.74) is 2.47. The maximum Gasteiger partial charge on any atom is 0.147 e. The molecule has 0 saturated carbocycles. The molecule has 1 aromatic carbocycles. The number of nitrogens with zero attached hydrogens (tertiary/aromatic N) is 1. The van der Waals surface area contributed by atoms with Gasteiger partial charge in [0, 0.05) is 36.9 Å². The summed E-state index contributed by atoms with van der Waals surface area (Å²) < 4.78 is 24.1. The van der Waals surface area contributed by atoms with E-state index in [0.29, 0.717) is 6.42 Å². The fraction of sp³-hybridized carbons (Fsp3) is 0.429. The van der Waals surface area contributed by atoms with Crippen LogP contribution >= 0.6 is 0 Å². The zero-order chi connectivity index (χ0) is 13.9. The molecular weight excluding hydrogens is 260 g/mol. The van der Waals surface area contributed by atoms with Crippen molar-refractivity contribution in [3.8, 4) is 0 Å². The van der Waals surface area contributed by atoms with Crippen LogP contribution in [0, 0.1) is 0 Å². The molecule has 2 aromatic rings. The fourth-order valence-corrected chi connectivity index (χ4v) is 2.92. The van der Waals surface area contributed by atoms with Gasteiger partial charge in [-0.1, -0.05) is 18.2 Å². The number of aryl methyl sites for hydroxylation is 1. The molecular formula is C14H20N2O2S. The van der Waals surface area contributed by atoms with E-state index >= 15 is 0 Å². The first-order valence-corrected chi connectivity index (χ1v) is 8.45. The highest BCUT2D eigenvalue weighted by atomic mass is 32.2. The average Bonchev–Trinajstić information content (AvgIpc) is 2.65. The van der Waals surface area contributed by atoms with Gasteiger partial charge in [0.2, 0.25) is 0 Å². The minimum atomic E-state index is -2.84. The second kappa shape index (κ2) is 5.75. The number of fused-ring (bicyclic) bond motifs is 1. The highest BCUT2D eigenvalue weighted by Gasteiger charge is 2.05. The number of rotatable bonds is 6. The van der Waals surface area contributed by atoms with Gasteiger partial charge in [-0.15, -0.1) is 0 Å². The third-order valence-electron chi connectivity index (χ3n) is 3.16. The van der Waals surface area contributed by atoms with Gasteiger partial charge in [-0.3, -0.25) is 0 Å². The van der Waals surface area contributed by atoms with Gasteiger partial charge in [0.05, 0.1) is 5.75 Å². The summed E-state index contributed by atoms with van der Waals surface area (Å²) in [5.74, 6) is 0.246. The largest absolute Gasteiger partial charge is 0.350 e. The summed E-state index contributed by atoms with van der Waals surface area (Å²) in [7, 11) is -0.807. The van der Waals surface area contributed by atoms with Crippen LogP contribution in [0.3, 0.4) is 0 Å². The minimum absolute atomic E-state index is 0.246.